The molecule has 0 unspecified atom stereocenters. The Kier molecular flexibility index (Phi) is 4.99. The topological polar surface area (TPSA) is 49.3 Å². The summed E-state index contributed by atoms with van der Waals surface area (Å²) in [5.41, 5.74) is 1.13. The van der Waals surface area contributed by atoms with Crippen LogP contribution in [0, 0.1) is 5.92 Å². The molecule has 2 aromatic heterocycles. The van der Waals surface area contributed by atoms with E-state index >= 15 is 0 Å². The van der Waals surface area contributed by atoms with Crippen LogP contribution in [0.2, 0.25) is 0 Å². The molecule has 150 valence electrons. The Balaban J connectivity index is 1.35. The highest BCUT2D eigenvalue weighted by atomic mass is 32.1. The molecule has 5 nitrogen and oxygen atoms in total. The molecule has 6 heteroatoms. The van der Waals surface area contributed by atoms with Crippen molar-refractivity contribution in [1.82, 2.24) is 14.9 Å². The maximum absolute atomic E-state index is 12.8. The quantitative estimate of drug-likeness (QED) is 0.757. The lowest BCUT2D eigenvalue weighted by molar-refractivity contribution is -0.132. The standard InChI is InChI=1S/C22H30N4OS/c27-19-7-10-22(26(19)15-17-5-2-1-3-6-17)9-4-12-25(13-11-22)21-20-18(8-14-28-20)23-16-24-21/h8,14,16-17H,1-7,9-13,15H2/t22-/m1/s1. The highest BCUT2D eigenvalue weighted by molar-refractivity contribution is 7.17. The van der Waals surface area contributed by atoms with E-state index in [4.69, 9.17) is 0 Å². The summed E-state index contributed by atoms with van der Waals surface area (Å²) in [5, 5.41) is 2.10. The predicted molar refractivity (Wildman–Crippen MR) is 114 cm³/mol. The zero-order valence-corrected chi connectivity index (χ0v) is 17.4. The Morgan fingerprint density at radius 2 is 1.96 bits per heavy atom. The number of aromatic nitrogens is 2. The number of carbonyl (C=O) groups excluding carboxylic acids is 1. The third-order valence-electron chi connectivity index (χ3n) is 7.28. The van der Waals surface area contributed by atoms with Crippen molar-refractivity contribution in [2.24, 2.45) is 5.92 Å². The highest BCUT2D eigenvalue weighted by Crippen LogP contribution is 2.42. The van der Waals surface area contributed by atoms with E-state index in [-0.39, 0.29) is 5.54 Å². The molecule has 5 rings (SSSR count). The van der Waals surface area contributed by atoms with Crippen LogP contribution in [0.15, 0.2) is 17.8 Å². The first-order valence-corrected chi connectivity index (χ1v) is 11.9. The number of nitrogens with zero attached hydrogens (tertiary/aromatic N) is 4. The van der Waals surface area contributed by atoms with Gasteiger partial charge in [-0.1, -0.05) is 19.3 Å². The molecule has 1 aliphatic carbocycles. The largest absolute Gasteiger partial charge is 0.355 e. The number of hydrogen-bond donors (Lipinski definition) is 0. The summed E-state index contributed by atoms with van der Waals surface area (Å²) in [6.07, 6.45) is 13.5. The summed E-state index contributed by atoms with van der Waals surface area (Å²) in [7, 11) is 0. The Morgan fingerprint density at radius 1 is 1.07 bits per heavy atom. The number of anilines is 1. The molecule has 3 fully saturated rings. The molecular formula is C22H30N4OS. The van der Waals surface area contributed by atoms with E-state index in [1.165, 1.54) is 36.8 Å². The third-order valence-corrected chi connectivity index (χ3v) is 8.18. The average molecular weight is 399 g/mol. The van der Waals surface area contributed by atoms with Gasteiger partial charge in [0.2, 0.25) is 5.91 Å². The second kappa shape index (κ2) is 7.62. The Labute approximate surface area is 171 Å². The number of likely N-dealkylation sites (tertiary alicyclic amines) is 1. The predicted octanol–water partition coefficient (Wildman–Crippen LogP) is 4.62. The summed E-state index contributed by atoms with van der Waals surface area (Å²) < 4.78 is 1.19. The van der Waals surface area contributed by atoms with E-state index in [1.54, 1.807) is 17.7 Å². The smallest absolute Gasteiger partial charge is 0.223 e. The van der Waals surface area contributed by atoms with Gasteiger partial charge in [-0.25, -0.2) is 9.97 Å². The molecule has 28 heavy (non-hydrogen) atoms. The van der Waals surface area contributed by atoms with E-state index < -0.39 is 0 Å². The van der Waals surface area contributed by atoms with Crippen LogP contribution in [0.4, 0.5) is 5.82 Å². The zero-order valence-electron chi connectivity index (χ0n) is 16.6. The van der Waals surface area contributed by atoms with E-state index in [2.05, 4.69) is 31.2 Å². The van der Waals surface area contributed by atoms with Gasteiger partial charge >= 0.3 is 0 Å². The fourth-order valence-electron chi connectivity index (χ4n) is 5.71. The maximum atomic E-state index is 12.8. The number of amides is 1. The van der Waals surface area contributed by atoms with E-state index in [9.17, 15) is 4.79 Å². The lowest BCUT2D eigenvalue weighted by Crippen LogP contribution is -2.48. The minimum absolute atomic E-state index is 0.0882. The molecule has 4 heterocycles. The Hall–Kier alpha value is -1.69. The van der Waals surface area contributed by atoms with Crippen molar-refractivity contribution in [2.45, 2.75) is 69.7 Å². The third kappa shape index (κ3) is 3.30. The monoisotopic (exact) mass is 398 g/mol. The number of fused-ring (bicyclic) bond motifs is 1. The molecule has 0 radical (unpaired) electrons. The van der Waals surface area contributed by atoms with Gasteiger partial charge in [-0.2, -0.15) is 0 Å². The van der Waals surface area contributed by atoms with Crippen LogP contribution < -0.4 is 4.90 Å². The van der Waals surface area contributed by atoms with Crippen molar-refractivity contribution in [3.63, 3.8) is 0 Å². The zero-order chi connectivity index (χ0) is 19.0. The molecule has 1 atom stereocenters. The molecule has 2 aromatic rings. The average Bonchev–Trinajstić information content (AvgIpc) is 3.25. The van der Waals surface area contributed by atoms with Crippen molar-refractivity contribution < 1.29 is 4.79 Å². The van der Waals surface area contributed by atoms with E-state index in [0.29, 0.717) is 5.91 Å². The van der Waals surface area contributed by atoms with Crippen LogP contribution in [-0.4, -0.2) is 45.9 Å². The SMILES string of the molecule is O=C1CC[C@@]2(CCCN(c3ncnc4ccsc34)CC2)N1CC1CCCCC1. The number of hydrogen-bond acceptors (Lipinski definition) is 5. The molecule has 3 aliphatic rings. The van der Waals surface area contributed by atoms with Gasteiger partial charge in [0.15, 0.2) is 0 Å². The lowest BCUT2D eigenvalue weighted by atomic mass is 9.84. The number of rotatable bonds is 3. The second-order valence-corrected chi connectivity index (χ2v) is 9.82. The van der Waals surface area contributed by atoms with Gasteiger partial charge in [-0.3, -0.25) is 4.79 Å². The number of thiophene rings is 1. The van der Waals surface area contributed by atoms with Crippen LogP contribution in [0.3, 0.4) is 0 Å². The van der Waals surface area contributed by atoms with Gasteiger partial charge < -0.3 is 9.80 Å². The molecule has 0 bridgehead atoms. The summed E-state index contributed by atoms with van der Waals surface area (Å²) in [6, 6.07) is 2.08. The van der Waals surface area contributed by atoms with Crippen LogP contribution >= 0.6 is 11.3 Å². The minimum Gasteiger partial charge on any atom is -0.355 e. The first-order chi connectivity index (χ1) is 13.8. The van der Waals surface area contributed by atoms with Crippen molar-refractivity contribution >= 4 is 33.3 Å². The number of carbonyl (C=O) groups is 1. The van der Waals surface area contributed by atoms with Gasteiger partial charge in [0, 0.05) is 31.6 Å². The summed E-state index contributed by atoms with van der Waals surface area (Å²) in [4.78, 5) is 26.6. The Morgan fingerprint density at radius 3 is 2.86 bits per heavy atom. The normalized spacial score (nSPS) is 27.1. The van der Waals surface area contributed by atoms with Crippen molar-refractivity contribution in [2.75, 3.05) is 24.5 Å². The summed E-state index contributed by atoms with van der Waals surface area (Å²) in [5.74, 6) is 2.21. The lowest BCUT2D eigenvalue weighted by Gasteiger charge is -2.41. The molecule has 1 amide bonds. The second-order valence-electron chi connectivity index (χ2n) is 8.91. The van der Waals surface area contributed by atoms with Gasteiger partial charge in [-0.15, -0.1) is 11.3 Å². The minimum atomic E-state index is 0.0882. The van der Waals surface area contributed by atoms with Gasteiger partial charge in [-0.05, 0) is 55.9 Å². The van der Waals surface area contributed by atoms with Gasteiger partial charge in [0.1, 0.15) is 12.1 Å². The fraction of sp³-hybridized carbons (Fsp3) is 0.682. The summed E-state index contributed by atoms with van der Waals surface area (Å²) in [6.45, 7) is 3.01. The molecule has 0 N–H and O–H groups in total. The van der Waals surface area contributed by atoms with Crippen LogP contribution in [-0.2, 0) is 4.79 Å². The van der Waals surface area contributed by atoms with Crippen LogP contribution in [0.1, 0.15) is 64.2 Å². The molecule has 2 saturated heterocycles. The van der Waals surface area contributed by atoms with E-state index in [0.717, 1.165) is 69.0 Å². The maximum Gasteiger partial charge on any atom is 0.223 e. The highest BCUT2D eigenvalue weighted by Gasteiger charge is 2.46. The molecule has 1 saturated carbocycles. The van der Waals surface area contributed by atoms with Gasteiger partial charge in [0.25, 0.3) is 0 Å². The molecule has 2 aliphatic heterocycles. The van der Waals surface area contributed by atoms with Crippen LogP contribution in [0.25, 0.3) is 10.2 Å². The van der Waals surface area contributed by atoms with Crippen molar-refractivity contribution in [3.05, 3.63) is 17.8 Å². The van der Waals surface area contributed by atoms with Crippen LogP contribution in [0.5, 0.6) is 0 Å². The molecule has 1 spiro atoms. The summed E-state index contributed by atoms with van der Waals surface area (Å²) >= 11 is 1.73. The van der Waals surface area contributed by atoms with E-state index in [1.807, 2.05) is 0 Å². The fourth-order valence-corrected chi connectivity index (χ4v) is 6.57. The first-order valence-electron chi connectivity index (χ1n) is 11.0. The molecular weight excluding hydrogens is 368 g/mol. The van der Waals surface area contributed by atoms with Gasteiger partial charge in [0.05, 0.1) is 10.2 Å². The van der Waals surface area contributed by atoms with Crippen molar-refractivity contribution in [1.29, 1.82) is 0 Å². The van der Waals surface area contributed by atoms with Crippen molar-refractivity contribution in [3.8, 4) is 0 Å². The molecule has 0 aromatic carbocycles. The first kappa shape index (κ1) is 18.3. The Bertz CT molecular complexity index is 846.